The molecule has 0 fully saturated rings. The zero-order chi connectivity index (χ0) is 23.4. The van der Waals surface area contributed by atoms with Crippen molar-refractivity contribution in [2.45, 2.75) is 97.8 Å². The maximum Gasteiger partial charge on any atom is 0.311 e. The van der Waals surface area contributed by atoms with Gasteiger partial charge in [0.15, 0.2) is 0 Å². The average Bonchev–Trinajstić information content (AvgIpc) is 2.77. The van der Waals surface area contributed by atoms with E-state index >= 15 is 0 Å². The molecule has 0 N–H and O–H groups in total. The lowest BCUT2D eigenvalue weighted by Crippen LogP contribution is -2.08. The first-order chi connectivity index (χ1) is 15.5. The summed E-state index contributed by atoms with van der Waals surface area (Å²) in [5.74, 6) is 0.967. The van der Waals surface area contributed by atoms with Crippen molar-refractivity contribution in [2.24, 2.45) is 0 Å². The number of unbranched alkanes of at least 4 members (excludes halogenated alkanes) is 4. The van der Waals surface area contributed by atoms with Gasteiger partial charge in [-0.05, 0) is 75.0 Å². The first kappa shape index (κ1) is 27.7. The first-order valence-electron chi connectivity index (χ1n) is 12.5. The average molecular weight is 437 g/mol. The van der Waals surface area contributed by atoms with Crippen LogP contribution >= 0.6 is 0 Å². The molecule has 0 radical (unpaired) electrons. The quantitative estimate of drug-likeness (QED) is 0.112. The van der Waals surface area contributed by atoms with Crippen LogP contribution in [0.3, 0.4) is 0 Å². The molecular weight excluding hydrogens is 392 g/mol. The van der Waals surface area contributed by atoms with Gasteiger partial charge in [0.2, 0.25) is 0 Å². The minimum atomic E-state index is -0.148. The van der Waals surface area contributed by atoms with Gasteiger partial charge in [-0.1, -0.05) is 94.4 Å². The van der Waals surface area contributed by atoms with Gasteiger partial charge in [-0.2, -0.15) is 0 Å². The molecule has 0 aromatic heterocycles. The Bertz CT molecular complexity index is 750. The van der Waals surface area contributed by atoms with E-state index in [1.807, 2.05) is 19.1 Å². The third-order valence-corrected chi connectivity index (χ3v) is 5.31. The van der Waals surface area contributed by atoms with E-state index in [0.717, 1.165) is 37.7 Å². The third kappa shape index (κ3) is 13.9. The SMILES string of the molecule is CCCCC/C=C\C/C=C\C/C=C\C/C=C\CCCC(=O)Oc1cc(C(C)C)ccc1C. The van der Waals surface area contributed by atoms with Crippen molar-refractivity contribution in [3.05, 3.63) is 77.9 Å². The number of ether oxygens (including phenoxy) is 1. The first-order valence-corrected chi connectivity index (χ1v) is 12.5. The van der Waals surface area contributed by atoms with Crippen molar-refractivity contribution in [3.8, 4) is 5.75 Å². The van der Waals surface area contributed by atoms with Gasteiger partial charge < -0.3 is 4.74 Å². The highest BCUT2D eigenvalue weighted by atomic mass is 16.5. The van der Waals surface area contributed by atoms with Crippen LogP contribution in [0.1, 0.15) is 102 Å². The summed E-state index contributed by atoms with van der Waals surface area (Å²) < 4.78 is 5.58. The van der Waals surface area contributed by atoms with Crippen molar-refractivity contribution in [1.82, 2.24) is 0 Å². The molecule has 0 saturated heterocycles. The lowest BCUT2D eigenvalue weighted by atomic mass is 10.0. The Kier molecular flexibility index (Phi) is 15.8. The summed E-state index contributed by atoms with van der Waals surface area (Å²) in [6.45, 7) is 8.50. The molecule has 176 valence electrons. The van der Waals surface area contributed by atoms with Crippen molar-refractivity contribution < 1.29 is 9.53 Å². The number of esters is 1. The van der Waals surface area contributed by atoms with E-state index in [9.17, 15) is 4.79 Å². The Morgan fingerprint density at radius 2 is 1.41 bits per heavy atom. The van der Waals surface area contributed by atoms with Crippen LogP contribution in [0.15, 0.2) is 66.8 Å². The number of allylic oxidation sites excluding steroid dienone is 8. The molecule has 0 atom stereocenters. The van der Waals surface area contributed by atoms with Gasteiger partial charge in [0.05, 0.1) is 0 Å². The summed E-state index contributed by atoms with van der Waals surface area (Å²) in [5, 5.41) is 0. The summed E-state index contributed by atoms with van der Waals surface area (Å²) in [6, 6.07) is 6.11. The second kappa shape index (κ2) is 18.2. The van der Waals surface area contributed by atoms with Crippen LogP contribution in [0.4, 0.5) is 0 Å². The normalized spacial score (nSPS) is 12.3. The fourth-order valence-corrected chi connectivity index (χ4v) is 3.18. The summed E-state index contributed by atoms with van der Waals surface area (Å²) in [5.41, 5.74) is 2.20. The summed E-state index contributed by atoms with van der Waals surface area (Å²) in [7, 11) is 0. The molecule has 0 aliphatic rings. The number of hydrogen-bond acceptors (Lipinski definition) is 2. The van der Waals surface area contributed by atoms with Gasteiger partial charge in [-0.15, -0.1) is 0 Å². The van der Waals surface area contributed by atoms with Gasteiger partial charge in [0.25, 0.3) is 0 Å². The maximum absolute atomic E-state index is 12.1. The van der Waals surface area contributed by atoms with E-state index in [4.69, 9.17) is 4.74 Å². The van der Waals surface area contributed by atoms with Gasteiger partial charge in [0.1, 0.15) is 5.75 Å². The Balaban J connectivity index is 2.11. The van der Waals surface area contributed by atoms with Crippen LogP contribution in [0, 0.1) is 6.92 Å². The van der Waals surface area contributed by atoms with Crippen LogP contribution in [-0.2, 0) is 4.79 Å². The Morgan fingerprint density at radius 1 is 0.844 bits per heavy atom. The molecular formula is C30H44O2. The number of carbonyl (C=O) groups excluding carboxylic acids is 1. The number of hydrogen-bond donors (Lipinski definition) is 0. The Morgan fingerprint density at radius 3 is 1.97 bits per heavy atom. The van der Waals surface area contributed by atoms with Gasteiger partial charge in [-0.3, -0.25) is 4.79 Å². The van der Waals surface area contributed by atoms with Gasteiger partial charge in [-0.25, -0.2) is 0 Å². The molecule has 0 amide bonds. The Labute approximate surface area is 197 Å². The van der Waals surface area contributed by atoms with E-state index < -0.39 is 0 Å². The van der Waals surface area contributed by atoms with E-state index in [1.165, 1.54) is 31.2 Å². The van der Waals surface area contributed by atoms with E-state index in [1.54, 1.807) is 0 Å². The summed E-state index contributed by atoms with van der Waals surface area (Å²) in [6.07, 6.45) is 28.0. The number of benzene rings is 1. The lowest BCUT2D eigenvalue weighted by molar-refractivity contribution is -0.134. The van der Waals surface area contributed by atoms with E-state index in [2.05, 4.69) is 75.4 Å². The second-order valence-electron chi connectivity index (χ2n) is 8.63. The topological polar surface area (TPSA) is 26.3 Å². The predicted molar refractivity (Wildman–Crippen MR) is 139 cm³/mol. The molecule has 2 nitrogen and oxygen atoms in total. The highest BCUT2D eigenvalue weighted by Gasteiger charge is 2.09. The number of carbonyl (C=O) groups is 1. The highest BCUT2D eigenvalue weighted by Crippen LogP contribution is 2.24. The molecule has 0 bridgehead atoms. The fraction of sp³-hybridized carbons (Fsp3) is 0.500. The molecule has 0 saturated carbocycles. The molecule has 32 heavy (non-hydrogen) atoms. The van der Waals surface area contributed by atoms with Crippen LogP contribution in [0.25, 0.3) is 0 Å². The van der Waals surface area contributed by atoms with Crippen LogP contribution in [-0.4, -0.2) is 5.97 Å². The maximum atomic E-state index is 12.1. The van der Waals surface area contributed by atoms with Crippen molar-refractivity contribution in [2.75, 3.05) is 0 Å². The molecule has 0 spiro atoms. The minimum absolute atomic E-state index is 0.148. The van der Waals surface area contributed by atoms with Crippen molar-refractivity contribution in [3.63, 3.8) is 0 Å². The summed E-state index contributed by atoms with van der Waals surface area (Å²) >= 11 is 0. The van der Waals surface area contributed by atoms with Crippen LogP contribution < -0.4 is 4.74 Å². The molecule has 0 heterocycles. The Hall–Kier alpha value is -2.35. The number of aryl methyl sites for hydroxylation is 1. The zero-order valence-electron chi connectivity index (χ0n) is 20.8. The molecule has 0 aliphatic heterocycles. The molecule has 1 aromatic carbocycles. The smallest absolute Gasteiger partial charge is 0.311 e. The molecule has 0 unspecified atom stereocenters. The lowest BCUT2D eigenvalue weighted by Gasteiger charge is -2.11. The standard InChI is InChI=1S/C30H44O2/c1-5-6-7-8-9-10-11-12-13-14-15-16-17-18-19-20-21-22-30(31)32-29-25-28(26(2)3)24-23-27(29)4/h9-10,12-13,15-16,18-19,23-26H,5-8,11,14,17,20-22H2,1-4H3/b10-9-,13-12-,16-15-,19-18-. The van der Waals surface area contributed by atoms with E-state index in [-0.39, 0.29) is 5.97 Å². The third-order valence-electron chi connectivity index (χ3n) is 5.31. The number of rotatable bonds is 16. The van der Waals surface area contributed by atoms with Crippen molar-refractivity contribution in [1.29, 1.82) is 0 Å². The summed E-state index contributed by atoms with van der Waals surface area (Å²) in [4.78, 5) is 12.1. The van der Waals surface area contributed by atoms with Crippen LogP contribution in [0.2, 0.25) is 0 Å². The minimum Gasteiger partial charge on any atom is -0.426 e. The second-order valence-corrected chi connectivity index (χ2v) is 8.63. The van der Waals surface area contributed by atoms with Crippen molar-refractivity contribution >= 4 is 5.97 Å². The largest absolute Gasteiger partial charge is 0.426 e. The molecule has 0 aliphatic carbocycles. The molecule has 1 rings (SSSR count). The monoisotopic (exact) mass is 436 g/mol. The van der Waals surface area contributed by atoms with Gasteiger partial charge in [0, 0.05) is 6.42 Å². The van der Waals surface area contributed by atoms with Gasteiger partial charge >= 0.3 is 5.97 Å². The highest BCUT2D eigenvalue weighted by molar-refractivity contribution is 5.72. The van der Waals surface area contributed by atoms with Crippen LogP contribution in [0.5, 0.6) is 5.75 Å². The van der Waals surface area contributed by atoms with E-state index in [0.29, 0.717) is 18.1 Å². The molecule has 1 aromatic rings. The zero-order valence-corrected chi connectivity index (χ0v) is 20.8. The molecule has 2 heteroatoms. The fourth-order valence-electron chi connectivity index (χ4n) is 3.18. The predicted octanol–water partition coefficient (Wildman–Crippen LogP) is 9.17.